The summed E-state index contributed by atoms with van der Waals surface area (Å²) >= 11 is 0. The Morgan fingerprint density at radius 2 is 1.90 bits per heavy atom. The fourth-order valence-electron chi connectivity index (χ4n) is 2.77. The summed E-state index contributed by atoms with van der Waals surface area (Å²) in [5, 5.41) is 3.59. The van der Waals surface area contributed by atoms with Crippen LogP contribution in [-0.2, 0) is 9.53 Å². The number of carbonyl (C=O) groups excluding carboxylic acids is 1. The van der Waals surface area contributed by atoms with Gasteiger partial charge in [-0.25, -0.2) is 0 Å². The van der Waals surface area contributed by atoms with Crippen LogP contribution >= 0.6 is 0 Å². The third kappa shape index (κ3) is 5.41. The predicted octanol–water partition coefficient (Wildman–Crippen LogP) is 2.43. The minimum Gasteiger partial charge on any atom is -0.469 e. The Labute approximate surface area is 124 Å². The lowest BCUT2D eigenvalue weighted by Gasteiger charge is -2.40. The Kier molecular flexibility index (Phi) is 6.02. The molecule has 1 atom stereocenters. The highest BCUT2D eigenvalue weighted by molar-refractivity contribution is 5.76. The molecule has 118 valence electrons. The average molecular weight is 284 g/mol. The summed E-state index contributed by atoms with van der Waals surface area (Å²) < 4.78 is 4.92. The molecule has 0 saturated carbocycles. The molecule has 0 spiro atoms. The largest absolute Gasteiger partial charge is 0.469 e. The monoisotopic (exact) mass is 284 g/mol. The molecule has 0 amide bonds. The average Bonchev–Trinajstić information content (AvgIpc) is 2.35. The quantitative estimate of drug-likeness (QED) is 0.787. The first-order valence-electron chi connectivity index (χ1n) is 7.73. The number of carbonyl (C=O) groups is 1. The summed E-state index contributed by atoms with van der Waals surface area (Å²) in [7, 11) is 1.47. The Balaban J connectivity index is 2.62. The fourth-order valence-corrected chi connectivity index (χ4v) is 2.77. The van der Waals surface area contributed by atoms with Crippen LogP contribution in [-0.4, -0.2) is 49.2 Å². The number of hydrogen-bond acceptors (Lipinski definition) is 4. The van der Waals surface area contributed by atoms with E-state index in [4.69, 9.17) is 4.74 Å². The Hall–Kier alpha value is -0.610. The molecule has 4 heteroatoms. The molecule has 0 radical (unpaired) electrons. The van der Waals surface area contributed by atoms with Crippen LogP contribution in [0.5, 0.6) is 0 Å². The standard InChI is InChI=1S/C16H32N2O2/c1-15(2,3)17-11-13-9-7-8-10-18(13)12-16(4,5)14(19)20-6/h13,17H,7-12H2,1-6H3. The molecule has 1 aliphatic heterocycles. The predicted molar refractivity (Wildman–Crippen MR) is 82.8 cm³/mol. The van der Waals surface area contributed by atoms with E-state index in [1.165, 1.54) is 26.4 Å². The van der Waals surface area contributed by atoms with Gasteiger partial charge in [-0.15, -0.1) is 0 Å². The zero-order valence-corrected chi connectivity index (χ0v) is 14.1. The first-order valence-corrected chi connectivity index (χ1v) is 7.73. The number of piperidine rings is 1. The van der Waals surface area contributed by atoms with Crippen LogP contribution < -0.4 is 5.32 Å². The van der Waals surface area contributed by atoms with E-state index in [0.717, 1.165) is 19.6 Å². The SMILES string of the molecule is COC(=O)C(C)(C)CN1CCCCC1CNC(C)(C)C. The molecular formula is C16H32N2O2. The van der Waals surface area contributed by atoms with Crippen molar-refractivity contribution in [1.82, 2.24) is 10.2 Å². The zero-order valence-electron chi connectivity index (χ0n) is 14.1. The van der Waals surface area contributed by atoms with Gasteiger partial charge in [-0.3, -0.25) is 9.69 Å². The minimum absolute atomic E-state index is 0.120. The lowest BCUT2D eigenvalue weighted by molar-refractivity contribution is -0.152. The van der Waals surface area contributed by atoms with Crippen molar-refractivity contribution in [2.24, 2.45) is 5.41 Å². The number of esters is 1. The van der Waals surface area contributed by atoms with Crippen LogP contribution in [0.2, 0.25) is 0 Å². The summed E-state index contributed by atoms with van der Waals surface area (Å²) in [4.78, 5) is 14.3. The highest BCUT2D eigenvalue weighted by atomic mass is 16.5. The summed E-state index contributed by atoms with van der Waals surface area (Å²) in [5.41, 5.74) is -0.299. The maximum atomic E-state index is 11.9. The normalized spacial score (nSPS) is 21.8. The minimum atomic E-state index is -0.438. The van der Waals surface area contributed by atoms with Crippen molar-refractivity contribution in [3.05, 3.63) is 0 Å². The first kappa shape index (κ1) is 17.4. The van der Waals surface area contributed by atoms with E-state index in [0.29, 0.717) is 6.04 Å². The summed E-state index contributed by atoms with van der Waals surface area (Å²) in [6, 6.07) is 0.520. The van der Waals surface area contributed by atoms with Crippen LogP contribution in [0.1, 0.15) is 53.9 Å². The van der Waals surface area contributed by atoms with Crippen molar-refractivity contribution in [3.63, 3.8) is 0 Å². The van der Waals surface area contributed by atoms with Gasteiger partial charge in [-0.05, 0) is 54.0 Å². The van der Waals surface area contributed by atoms with Gasteiger partial charge >= 0.3 is 5.97 Å². The smallest absolute Gasteiger partial charge is 0.312 e. The molecule has 0 aromatic rings. The van der Waals surface area contributed by atoms with Crippen molar-refractivity contribution in [1.29, 1.82) is 0 Å². The van der Waals surface area contributed by atoms with Crippen molar-refractivity contribution >= 4 is 5.97 Å². The van der Waals surface area contributed by atoms with Gasteiger partial charge in [0.2, 0.25) is 0 Å². The van der Waals surface area contributed by atoms with Gasteiger partial charge in [-0.2, -0.15) is 0 Å². The van der Waals surface area contributed by atoms with Gasteiger partial charge < -0.3 is 10.1 Å². The number of ether oxygens (including phenoxy) is 1. The van der Waals surface area contributed by atoms with E-state index >= 15 is 0 Å². The first-order chi connectivity index (χ1) is 9.15. The lowest BCUT2D eigenvalue weighted by Crippen LogP contribution is -2.52. The van der Waals surface area contributed by atoms with Gasteiger partial charge in [0.15, 0.2) is 0 Å². The molecule has 4 nitrogen and oxygen atoms in total. The topological polar surface area (TPSA) is 41.6 Å². The van der Waals surface area contributed by atoms with E-state index in [1.807, 2.05) is 13.8 Å². The summed E-state index contributed by atoms with van der Waals surface area (Å²) in [6.07, 6.45) is 3.72. The molecule has 1 N–H and O–H groups in total. The Morgan fingerprint density at radius 1 is 1.25 bits per heavy atom. The van der Waals surface area contributed by atoms with Crippen LogP contribution in [0.3, 0.4) is 0 Å². The molecule has 1 saturated heterocycles. The van der Waals surface area contributed by atoms with Crippen LogP contribution in [0.25, 0.3) is 0 Å². The molecule has 0 aliphatic carbocycles. The molecule has 1 heterocycles. The van der Waals surface area contributed by atoms with Gasteiger partial charge in [0.25, 0.3) is 0 Å². The number of nitrogens with zero attached hydrogens (tertiary/aromatic N) is 1. The van der Waals surface area contributed by atoms with E-state index in [9.17, 15) is 4.79 Å². The van der Waals surface area contributed by atoms with Crippen LogP contribution in [0.15, 0.2) is 0 Å². The maximum absolute atomic E-state index is 11.9. The van der Waals surface area contributed by atoms with E-state index in [-0.39, 0.29) is 11.5 Å². The summed E-state index contributed by atoms with van der Waals surface area (Å²) in [6.45, 7) is 13.4. The molecule has 20 heavy (non-hydrogen) atoms. The van der Waals surface area contributed by atoms with Gasteiger partial charge in [0.1, 0.15) is 0 Å². The highest BCUT2D eigenvalue weighted by Gasteiger charge is 2.34. The highest BCUT2D eigenvalue weighted by Crippen LogP contribution is 2.25. The summed E-state index contributed by atoms with van der Waals surface area (Å²) in [5.74, 6) is -0.120. The molecule has 0 aromatic heterocycles. The van der Waals surface area contributed by atoms with Crippen molar-refractivity contribution < 1.29 is 9.53 Å². The van der Waals surface area contributed by atoms with Crippen molar-refractivity contribution in [3.8, 4) is 0 Å². The molecular weight excluding hydrogens is 252 g/mol. The van der Waals surface area contributed by atoms with Crippen LogP contribution in [0, 0.1) is 5.41 Å². The Bertz CT molecular complexity index is 321. The third-order valence-electron chi connectivity index (χ3n) is 3.95. The zero-order chi connectivity index (χ0) is 15.4. The molecule has 1 fully saturated rings. The number of methoxy groups -OCH3 is 1. The number of hydrogen-bond donors (Lipinski definition) is 1. The third-order valence-corrected chi connectivity index (χ3v) is 3.95. The van der Waals surface area contributed by atoms with E-state index in [1.54, 1.807) is 0 Å². The van der Waals surface area contributed by atoms with E-state index in [2.05, 4.69) is 31.0 Å². The maximum Gasteiger partial charge on any atom is 0.312 e. The van der Waals surface area contributed by atoms with Gasteiger partial charge in [0.05, 0.1) is 12.5 Å². The van der Waals surface area contributed by atoms with E-state index < -0.39 is 5.41 Å². The molecule has 0 bridgehead atoms. The molecule has 1 unspecified atom stereocenters. The number of nitrogens with one attached hydrogen (secondary N) is 1. The second-order valence-corrected chi connectivity index (χ2v) is 7.63. The molecule has 1 rings (SSSR count). The van der Waals surface area contributed by atoms with Gasteiger partial charge in [-0.1, -0.05) is 6.42 Å². The lowest BCUT2D eigenvalue weighted by atomic mass is 9.90. The number of likely N-dealkylation sites (tertiary alicyclic amines) is 1. The van der Waals surface area contributed by atoms with Crippen molar-refractivity contribution in [2.45, 2.75) is 65.5 Å². The fraction of sp³-hybridized carbons (Fsp3) is 0.938. The number of rotatable bonds is 5. The van der Waals surface area contributed by atoms with Crippen LogP contribution in [0.4, 0.5) is 0 Å². The van der Waals surface area contributed by atoms with Crippen molar-refractivity contribution in [2.75, 3.05) is 26.7 Å². The second kappa shape index (κ2) is 6.90. The van der Waals surface area contributed by atoms with Gasteiger partial charge in [0, 0.05) is 24.7 Å². The second-order valence-electron chi connectivity index (χ2n) is 7.63. The molecule has 0 aromatic carbocycles. The molecule has 1 aliphatic rings. The Morgan fingerprint density at radius 3 is 2.45 bits per heavy atom.